The summed E-state index contributed by atoms with van der Waals surface area (Å²) in [6.45, 7) is 3.96. The van der Waals surface area contributed by atoms with Crippen molar-refractivity contribution in [2.24, 2.45) is 0 Å². The molecule has 0 aliphatic carbocycles. The Bertz CT molecular complexity index is 920. The zero-order chi connectivity index (χ0) is 17.6. The van der Waals surface area contributed by atoms with E-state index in [4.69, 9.17) is 15.0 Å². The van der Waals surface area contributed by atoms with Gasteiger partial charge in [0.1, 0.15) is 23.9 Å². The summed E-state index contributed by atoms with van der Waals surface area (Å²) in [4.78, 5) is 4.12. The van der Waals surface area contributed by atoms with Crippen LogP contribution in [-0.2, 0) is 0 Å². The summed E-state index contributed by atoms with van der Waals surface area (Å²) in [5.41, 5.74) is 9.34. The maximum absolute atomic E-state index is 14.5. The molecule has 1 atom stereocenters. The van der Waals surface area contributed by atoms with Crippen molar-refractivity contribution in [1.29, 1.82) is 0 Å². The molecule has 0 amide bonds. The van der Waals surface area contributed by atoms with E-state index in [-0.39, 0.29) is 11.7 Å². The van der Waals surface area contributed by atoms with Crippen LogP contribution in [0.2, 0.25) is 0 Å². The third kappa shape index (κ3) is 2.48. The number of aromatic nitrogens is 2. The number of anilines is 2. The highest BCUT2D eigenvalue weighted by Gasteiger charge is 2.29. The fourth-order valence-electron chi connectivity index (χ4n) is 3.14. The van der Waals surface area contributed by atoms with Crippen LogP contribution < -0.4 is 15.8 Å². The molecule has 3 aromatic rings. The van der Waals surface area contributed by atoms with Crippen molar-refractivity contribution in [1.82, 2.24) is 10.1 Å². The zero-order valence-electron chi connectivity index (χ0n) is 13.8. The Hall–Kier alpha value is -3.09. The summed E-state index contributed by atoms with van der Waals surface area (Å²) >= 11 is 0. The highest BCUT2D eigenvalue weighted by Crippen LogP contribution is 2.47. The SMILES string of the molecule is Cc1noc(C)c1-c1cc(F)c(N)c2c1OCC(c1cccnc1)N2. The van der Waals surface area contributed by atoms with Crippen molar-refractivity contribution in [3.05, 3.63) is 53.4 Å². The van der Waals surface area contributed by atoms with Crippen LogP contribution in [0.25, 0.3) is 11.1 Å². The number of halogens is 1. The van der Waals surface area contributed by atoms with E-state index in [0.717, 1.165) is 11.1 Å². The minimum Gasteiger partial charge on any atom is -0.488 e. The number of ether oxygens (including phenoxy) is 1. The molecule has 3 N–H and O–H groups in total. The molecule has 2 aromatic heterocycles. The van der Waals surface area contributed by atoms with Crippen molar-refractivity contribution >= 4 is 11.4 Å². The summed E-state index contributed by atoms with van der Waals surface area (Å²) in [6.07, 6.45) is 3.45. The molecule has 6 nitrogen and oxygen atoms in total. The van der Waals surface area contributed by atoms with Crippen molar-refractivity contribution in [3.63, 3.8) is 0 Å². The second-order valence-electron chi connectivity index (χ2n) is 6.02. The molecule has 0 fully saturated rings. The second-order valence-corrected chi connectivity index (χ2v) is 6.02. The number of hydrogen-bond donors (Lipinski definition) is 2. The van der Waals surface area contributed by atoms with E-state index < -0.39 is 5.82 Å². The van der Waals surface area contributed by atoms with Crippen LogP contribution in [0.3, 0.4) is 0 Å². The lowest BCUT2D eigenvalue weighted by molar-refractivity contribution is 0.287. The second kappa shape index (κ2) is 5.77. The number of pyridine rings is 1. The average Bonchev–Trinajstić information content (AvgIpc) is 2.97. The monoisotopic (exact) mass is 340 g/mol. The molecule has 4 rings (SSSR count). The number of rotatable bonds is 2. The van der Waals surface area contributed by atoms with Gasteiger partial charge < -0.3 is 20.3 Å². The van der Waals surface area contributed by atoms with E-state index in [9.17, 15) is 4.39 Å². The van der Waals surface area contributed by atoms with Gasteiger partial charge in [-0.05, 0) is 31.5 Å². The summed E-state index contributed by atoms with van der Waals surface area (Å²) in [6, 6.07) is 4.98. The molecule has 1 unspecified atom stereocenters. The van der Waals surface area contributed by atoms with Gasteiger partial charge in [-0.3, -0.25) is 4.98 Å². The van der Waals surface area contributed by atoms with Gasteiger partial charge in [-0.15, -0.1) is 0 Å². The quantitative estimate of drug-likeness (QED) is 0.693. The molecule has 25 heavy (non-hydrogen) atoms. The van der Waals surface area contributed by atoms with Crippen molar-refractivity contribution in [3.8, 4) is 16.9 Å². The molecular weight excluding hydrogens is 323 g/mol. The van der Waals surface area contributed by atoms with Crippen LogP contribution in [0.5, 0.6) is 5.75 Å². The molecule has 7 heteroatoms. The lowest BCUT2D eigenvalue weighted by atomic mass is 9.98. The predicted octanol–water partition coefficient (Wildman–Crippen LogP) is 3.62. The van der Waals surface area contributed by atoms with E-state index in [0.29, 0.717) is 35.1 Å². The van der Waals surface area contributed by atoms with Gasteiger partial charge in [-0.1, -0.05) is 11.2 Å². The summed E-state index contributed by atoms with van der Waals surface area (Å²) in [5.74, 6) is 0.590. The third-order valence-electron chi connectivity index (χ3n) is 4.37. The third-order valence-corrected chi connectivity index (χ3v) is 4.37. The molecule has 0 spiro atoms. The first kappa shape index (κ1) is 15.4. The van der Waals surface area contributed by atoms with Crippen LogP contribution in [0.1, 0.15) is 23.1 Å². The van der Waals surface area contributed by atoms with Crippen LogP contribution in [0.4, 0.5) is 15.8 Å². The van der Waals surface area contributed by atoms with E-state index >= 15 is 0 Å². The van der Waals surface area contributed by atoms with Gasteiger partial charge >= 0.3 is 0 Å². The Labute approximate surface area is 143 Å². The molecule has 0 saturated heterocycles. The number of aryl methyl sites for hydroxylation is 2. The predicted molar refractivity (Wildman–Crippen MR) is 91.9 cm³/mol. The lowest BCUT2D eigenvalue weighted by Gasteiger charge is -2.30. The van der Waals surface area contributed by atoms with Gasteiger partial charge in [0.05, 0.1) is 23.0 Å². The molecule has 1 aromatic carbocycles. The number of nitrogens with one attached hydrogen (secondary N) is 1. The van der Waals surface area contributed by atoms with Crippen molar-refractivity contribution in [2.45, 2.75) is 19.9 Å². The Morgan fingerprint density at radius 3 is 2.88 bits per heavy atom. The molecule has 128 valence electrons. The van der Waals surface area contributed by atoms with Crippen molar-refractivity contribution in [2.75, 3.05) is 17.7 Å². The number of benzene rings is 1. The fourth-order valence-corrected chi connectivity index (χ4v) is 3.14. The van der Waals surface area contributed by atoms with Crippen LogP contribution in [-0.4, -0.2) is 16.7 Å². The summed E-state index contributed by atoms with van der Waals surface area (Å²) < 4.78 is 25.7. The lowest BCUT2D eigenvalue weighted by Crippen LogP contribution is -2.25. The molecule has 0 saturated carbocycles. The fraction of sp³-hybridized carbons (Fsp3) is 0.222. The minimum atomic E-state index is -0.517. The smallest absolute Gasteiger partial charge is 0.152 e. The first-order chi connectivity index (χ1) is 12.1. The largest absolute Gasteiger partial charge is 0.488 e. The van der Waals surface area contributed by atoms with Crippen LogP contribution >= 0.6 is 0 Å². The Kier molecular flexibility index (Phi) is 3.56. The summed E-state index contributed by atoms with van der Waals surface area (Å²) in [5, 5.41) is 7.23. The maximum Gasteiger partial charge on any atom is 0.152 e. The van der Waals surface area contributed by atoms with Crippen LogP contribution in [0, 0.1) is 19.7 Å². The molecular formula is C18H17FN4O2. The number of nitrogen functional groups attached to an aromatic ring is 1. The number of fused-ring (bicyclic) bond motifs is 1. The van der Waals surface area contributed by atoms with E-state index in [2.05, 4.69) is 15.5 Å². The molecule has 0 bridgehead atoms. The van der Waals surface area contributed by atoms with Crippen molar-refractivity contribution < 1.29 is 13.7 Å². The Morgan fingerprint density at radius 2 is 2.20 bits per heavy atom. The summed E-state index contributed by atoms with van der Waals surface area (Å²) in [7, 11) is 0. The van der Waals surface area contributed by atoms with E-state index in [1.54, 1.807) is 26.2 Å². The topological polar surface area (TPSA) is 86.2 Å². The van der Waals surface area contributed by atoms with Gasteiger partial charge in [-0.2, -0.15) is 0 Å². The normalized spacial score (nSPS) is 16.0. The number of hydrogen-bond acceptors (Lipinski definition) is 6. The Balaban J connectivity index is 1.84. The Morgan fingerprint density at radius 1 is 1.36 bits per heavy atom. The number of nitrogens with zero attached hydrogens (tertiary/aromatic N) is 2. The average molecular weight is 340 g/mol. The highest BCUT2D eigenvalue weighted by molar-refractivity contribution is 5.87. The first-order valence-electron chi connectivity index (χ1n) is 7.90. The minimum absolute atomic E-state index is 0.0269. The van der Waals surface area contributed by atoms with E-state index in [1.165, 1.54) is 6.07 Å². The molecule has 0 radical (unpaired) electrons. The van der Waals surface area contributed by atoms with Gasteiger partial charge in [0.2, 0.25) is 0 Å². The maximum atomic E-state index is 14.5. The molecule has 1 aliphatic rings. The molecule has 1 aliphatic heterocycles. The molecule has 3 heterocycles. The standard InChI is InChI=1S/C18H17FN4O2/c1-9-15(10(2)25-23-9)12-6-13(19)16(20)17-18(12)24-8-14(22-17)11-4-3-5-21-7-11/h3-7,14,22H,8,20H2,1-2H3. The van der Waals surface area contributed by atoms with E-state index in [1.807, 2.05) is 12.1 Å². The highest BCUT2D eigenvalue weighted by atomic mass is 19.1. The first-order valence-corrected chi connectivity index (χ1v) is 7.90. The van der Waals surface area contributed by atoms with Gasteiger partial charge in [-0.25, -0.2) is 4.39 Å². The van der Waals surface area contributed by atoms with Gasteiger partial charge in [0, 0.05) is 18.0 Å². The van der Waals surface area contributed by atoms with Gasteiger partial charge in [0.15, 0.2) is 5.75 Å². The number of nitrogens with two attached hydrogens (primary N) is 1. The van der Waals surface area contributed by atoms with Crippen LogP contribution in [0.15, 0.2) is 35.1 Å². The zero-order valence-corrected chi connectivity index (χ0v) is 13.8. The van der Waals surface area contributed by atoms with Gasteiger partial charge in [0.25, 0.3) is 0 Å².